The number of carbonyl (C=O) groups excluding carboxylic acids is 1. The number of ketones is 1. The Morgan fingerprint density at radius 1 is 1.25 bits per heavy atom. The van der Waals surface area contributed by atoms with Gasteiger partial charge in [-0.15, -0.1) is 0 Å². The number of aliphatic hydroxyl groups is 1. The standard InChI is InChI=1S/C22H27FN3O4S.W/c1-6-17(27)13-18(28)11-12-19-20(14(2)3)24-22(26(4)31(5,29)30)25-21(19)15-7-9-16(23)10-8-15;/h7-12,14,17,27H,1,6,13H2,2-5H3;/q-1;/b12-11+;/t17-;/m0./s1. The van der Waals surface area contributed by atoms with Crippen molar-refractivity contribution in [3.63, 3.8) is 0 Å². The average Bonchev–Trinajstić information content (AvgIpc) is 2.70. The fraction of sp³-hybridized carbons (Fsp3) is 0.364. The summed E-state index contributed by atoms with van der Waals surface area (Å²) in [5, 5.41) is 9.66. The minimum absolute atomic E-state index is 0. The Bertz CT molecular complexity index is 1070. The molecule has 7 nitrogen and oxygen atoms in total. The first kappa shape index (κ1) is 28.1. The summed E-state index contributed by atoms with van der Waals surface area (Å²) < 4.78 is 38.5. The molecule has 0 bridgehead atoms. The first-order valence-corrected chi connectivity index (χ1v) is 11.6. The first-order chi connectivity index (χ1) is 14.4. The van der Waals surface area contributed by atoms with E-state index in [-0.39, 0.29) is 51.6 Å². The van der Waals surface area contributed by atoms with Gasteiger partial charge in [-0.2, -0.15) is 6.42 Å². The second-order valence-electron chi connectivity index (χ2n) is 7.51. The number of benzene rings is 1. The van der Waals surface area contributed by atoms with Gasteiger partial charge in [0.25, 0.3) is 0 Å². The van der Waals surface area contributed by atoms with Crippen molar-refractivity contribution in [2.75, 3.05) is 17.6 Å². The minimum atomic E-state index is -3.62. The van der Waals surface area contributed by atoms with Crippen molar-refractivity contribution in [3.05, 3.63) is 54.3 Å². The zero-order chi connectivity index (χ0) is 23.3. The Kier molecular flexibility index (Phi) is 10.3. The van der Waals surface area contributed by atoms with Gasteiger partial charge in [0.2, 0.25) is 16.0 Å². The van der Waals surface area contributed by atoms with Crippen LogP contribution in [0.4, 0.5) is 10.3 Å². The van der Waals surface area contributed by atoms with Gasteiger partial charge in [0.1, 0.15) is 5.82 Å². The fourth-order valence-electron chi connectivity index (χ4n) is 2.77. The number of sulfonamides is 1. The largest absolute Gasteiger partial charge is 0.395 e. The van der Waals surface area contributed by atoms with Crippen LogP contribution in [0.15, 0.2) is 30.3 Å². The molecule has 2 rings (SSSR count). The number of aliphatic hydroxyl groups excluding tert-OH is 1. The van der Waals surface area contributed by atoms with Crippen LogP contribution in [-0.4, -0.2) is 48.7 Å². The van der Waals surface area contributed by atoms with Gasteiger partial charge >= 0.3 is 0 Å². The second kappa shape index (κ2) is 11.8. The molecule has 1 heterocycles. The van der Waals surface area contributed by atoms with Crippen molar-refractivity contribution >= 4 is 27.8 Å². The van der Waals surface area contributed by atoms with Crippen molar-refractivity contribution in [3.8, 4) is 11.3 Å². The maximum Gasteiger partial charge on any atom is 0.239 e. The number of carbonyl (C=O) groups is 1. The molecule has 0 amide bonds. The molecule has 0 aliphatic rings. The van der Waals surface area contributed by atoms with Gasteiger partial charge in [-0.3, -0.25) is 4.79 Å². The topological polar surface area (TPSA) is 100 Å². The van der Waals surface area contributed by atoms with Crippen LogP contribution in [0, 0.1) is 12.7 Å². The molecule has 174 valence electrons. The van der Waals surface area contributed by atoms with Crippen LogP contribution in [0.25, 0.3) is 17.3 Å². The van der Waals surface area contributed by atoms with Crippen LogP contribution >= 0.6 is 0 Å². The van der Waals surface area contributed by atoms with E-state index in [9.17, 15) is 22.7 Å². The zero-order valence-electron chi connectivity index (χ0n) is 18.4. The van der Waals surface area contributed by atoms with Crippen LogP contribution in [0.1, 0.15) is 43.9 Å². The Hall–Kier alpha value is -1.96. The van der Waals surface area contributed by atoms with E-state index in [1.165, 1.54) is 37.4 Å². The summed E-state index contributed by atoms with van der Waals surface area (Å²) in [6, 6.07) is 5.60. The van der Waals surface area contributed by atoms with Crippen molar-refractivity contribution in [2.24, 2.45) is 0 Å². The summed E-state index contributed by atoms with van der Waals surface area (Å²) in [6.45, 7) is 7.33. The second-order valence-corrected chi connectivity index (χ2v) is 9.52. The van der Waals surface area contributed by atoms with E-state index >= 15 is 0 Å². The normalized spacial score (nSPS) is 12.6. The molecule has 2 aromatic rings. The third-order valence-electron chi connectivity index (χ3n) is 4.61. The van der Waals surface area contributed by atoms with Crippen LogP contribution in [0.3, 0.4) is 0 Å². The molecule has 0 radical (unpaired) electrons. The average molecular weight is 632 g/mol. The van der Waals surface area contributed by atoms with E-state index in [1.54, 1.807) is 6.08 Å². The molecule has 0 saturated carbocycles. The number of hydrogen-bond acceptors (Lipinski definition) is 6. The molecule has 0 saturated heterocycles. The van der Waals surface area contributed by atoms with E-state index in [0.29, 0.717) is 22.5 Å². The number of halogens is 1. The first-order valence-electron chi connectivity index (χ1n) is 9.74. The number of rotatable bonds is 9. The summed E-state index contributed by atoms with van der Waals surface area (Å²) >= 11 is 0. The maximum absolute atomic E-state index is 13.5. The number of nitrogens with zero attached hydrogens (tertiary/aromatic N) is 3. The number of aromatic nitrogens is 2. The molecular weight excluding hydrogens is 605 g/mol. The van der Waals surface area contributed by atoms with Gasteiger partial charge in [0.15, 0.2) is 5.78 Å². The molecular formula is C22H27FN3O4SW-. The Morgan fingerprint density at radius 3 is 2.34 bits per heavy atom. The summed E-state index contributed by atoms with van der Waals surface area (Å²) in [6.07, 6.45) is 3.24. The molecule has 0 aliphatic heterocycles. The molecule has 1 atom stereocenters. The van der Waals surface area contributed by atoms with E-state index < -0.39 is 21.9 Å². The van der Waals surface area contributed by atoms with Crippen LogP contribution in [-0.2, 0) is 35.9 Å². The van der Waals surface area contributed by atoms with Gasteiger partial charge in [-0.25, -0.2) is 27.1 Å². The van der Waals surface area contributed by atoms with Crippen molar-refractivity contribution < 1.29 is 43.8 Å². The molecule has 1 aromatic carbocycles. The van der Waals surface area contributed by atoms with E-state index in [0.717, 1.165) is 10.6 Å². The molecule has 0 unspecified atom stereocenters. The molecule has 0 aliphatic carbocycles. The Balaban J connectivity index is 0.00000512. The Morgan fingerprint density at radius 2 is 1.84 bits per heavy atom. The summed E-state index contributed by atoms with van der Waals surface area (Å²) in [4.78, 5) is 21.1. The summed E-state index contributed by atoms with van der Waals surface area (Å²) in [5.74, 6) is -0.881. The molecule has 0 fully saturated rings. The van der Waals surface area contributed by atoms with Crippen molar-refractivity contribution in [1.82, 2.24) is 9.97 Å². The predicted molar refractivity (Wildman–Crippen MR) is 119 cm³/mol. The summed E-state index contributed by atoms with van der Waals surface area (Å²) in [5.41, 5.74) is 1.95. The van der Waals surface area contributed by atoms with Crippen molar-refractivity contribution in [2.45, 2.75) is 38.7 Å². The van der Waals surface area contributed by atoms with Crippen molar-refractivity contribution in [1.29, 1.82) is 0 Å². The molecule has 10 heteroatoms. The SMILES string of the molecule is [CH2-]C[C@H](O)CC(=O)/C=C/c1c(-c2ccc(F)cc2)nc(N(C)S(C)(=O)=O)nc1C(C)C.[W]. The fourth-order valence-corrected chi connectivity index (χ4v) is 3.15. The maximum atomic E-state index is 13.5. The number of hydrogen-bond donors (Lipinski definition) is 1. The van der Waals surface area contributed by atoms with Gasteiger partial charge < -0.3 is 12.0 Å². The van der Waals surface area contributed by atoms with E-state index in [2.05, 4.69) is 16.9 Å². The molecule has 1 N–H and O–H groups in total. The van der Waals surface area contributed by atoms with Gasteiger partial charge in [0.05, 0.1) is 17.6 Å². The van der Waals surface area contributed by atoms with Gasteiger partial charge in [-0.05, 0) is 42.3 Å². The quantitative estimate of drug-likeness (QED) is 0.337. The zero-order valence-corrected chi connectivity index (χ0v) is 22.2. The Labute approximate surface area is 203 Å². The molecule has 1 aromatic heterocycles. The molecule has 32 heavy (non-hydrogen) atoms. The third-order valence-corrected chi connectivity index (χ3v) is 5.77. The van der Waals surface area contributed by atoms with Gasteiger partial charge in [-0.1, -0.05) is 13.8 Å². The number of anilines is 1. The van der Waals surface area contributed by atoms with E-state index in [1.807, 2.05) is 13.8 Å². The van der Waals surface area contributed by atoms with E-state index in [4.69, 9.17) is 0 Å². The third kappa shape index (κ3) is 7.29. The monoisotopic (exact) mass is 632 g/mol. The molecule has 0 spiro atoms. The summed E-state index contributed by atoms with van der Waals surface area (Å²) in [7, 11) is -2.27. The van der Waals surface area contributed by atoms with Crippen LogP contribution < -0.4 is 4.31 Å². The smallest absolute Gasteiger partial charge is 0.239 e. The van der Waals surface area contributed by atoms with Crippen LogP contribution in [0.2, 0.25) is 0 Å². The predicted octanol–water partition coefficient (Wildman–Crippen LogP) is 3.36. The number of allylic oxidation sites excluding steroid dienone is 1. The van der Waals surface area contributed by atoms with Gasteiger partial charge in [0, 0.05) is 51.8 Å². The minimum Gasteiger partial charge on any atom is -0.395 e. The van der Waals surface area contributed by atoms with Crippen LogP contribution in [0.5, 0.6) is 0 Å².